The van der Waals surface area contributed by atoms with Crippen LogP contribution in [0.25, 0.3) is 0 Å². The number of piperazine rings is 1. The zero-order valence-corrected chi connectivity index (χ0v) is 9.85. The highest BCUT2D eigenvalue weighted by molar-refractivity contribution is 5.94. The number of carbonyl (C=O) groups is 2. The maximum absolute atomic E-state index is 11.8. The normalized spacial score (nSPS) is 20.3. The lowest BCUT2D eigenvalue weighted by molar-refractivity contribution is -0.143. The number of hydrogen-bond donors (Lipinski definition) is 1. The molecule has 1 aromatic rings. The molecule has 1 aliphatic heterocycles. The van der Waals surface area contributed by atoms with Crippen LogP contribution in [0.5, 0.6) is 0 Å². The van der Waals surface area contributed by atoms with Crippen molar-refractivity contribution in [2.75, 3.05) is 13.1 Å². The van der Waals surface area contributed by atoms with Gasteiger partial charge in [0.05, 0.1) is 6.54 Å². The molecular weight excluding hydrogens is 216 g/mol. The van der Waals surface area contributed by atoms with Gasteiger partial charge in [0.1, 0.15) is 6.04 Å². The summed E-state index contributed by atoms with van der Waals surface area (Å²) in [5, 5.41) is 2.63. The average molecular weight is 232 g/mol. The van der Waals surface area contributed by atoms with E-state index in [0.29, 0.717) is 6.54 Å². The van der Waals surface area contributed by atoms with E-state index in [1.807, 2.05) is 30.3 Å². The SMILES string of the molecule is C[C@H]1NC(=O)CN(CCc2ccccc2)C1=O. The van der Waals surface area contributed by atoms with Crippen LogP contribution in [0.15, 0.2) is 30.3 Å². The van der Waals surface area contributed by atoms with Crippen molar-refractivity contribution in [3.63, 3.8) is 0 Å². The first-order valence-corrected chi connectivity index (χ1v) is 5.79. The lowest BCUT2D eigenvalue weighted by Crippen LogP contribution is -2.57. The summed E-state index contributed by atoms with van der Waals surface area (Å²) in [6.07, 6.45) is 0.784. The number of carbonyl (C=O) groups excluding carboxylic acids is 2. The molecular formula is C13H16N2O2. The minimum absolute atomic E-state index is 0.000492. The summed E-state index contributed by atoms with van der Waals surface area (Å²) in [7, 11) is 0. The Labute approximate surface area is 101 Å². The molecule has 1 heterocycles. The van der Waals surface area contributed by atoms with Crippen molar-refractivity contribution in [2.45, 2.75) is 19.4 Å². The molecule has 4 nitrogen and oxygen atoms in total. The van der Waals surface area contributed by atoms with Gasteiger partial charge in [0.15, 0.2) is 0 Å². The Morgan fingerprint density at radius 1 is 1.29 bits per heavy atom. The smallest absolute Gasteiger partial charge is 0.245 e. The van der Waals surface area contributed by atoms with Crippen molar-refractivity contribution >= 4 is 11.8 Å². The molecule has 1 aliphatic rings. The molecule has 0 unspecified atom stereocenters. The van der Waals surface area contributed by atoms with Gasteiger partial charge in [-0.15, -0.1) is 0 Å². The lowest BCUT2D eigenvalue weighted by atomic mass is 10.1. The van der Waals surface area contributed by atoms with Gasteiger partial charge in [0.2, 0.25) is 11.8 Å². The minimum Gasteiger partial charge on any atom is -0.343 e. The third-order valence-electron chi connectivity index (χ3n) is 2.91. The van der Waals surface area contributed by atoms with Crippen LogP contribution in [-0.4, -0.2) is 35.8 Å². The van der Waals surface area contributed by atoms with Gasteiger partial charge in [-0.3, -0.25) is 9.59 Å². The first-order valence-electron chi connectivity index (χ1n) is 5.79. The van der Waals surface area contributed by atoms with Crippen LogP contribution in [0.2, 0.25) is 0 Å². The van der Waals surface area contributed by atoms with Crippen LogP contribution in [0.1, 0.15) is 12.5 Å². The van der Waals surface area contributed by atoms with Gasteiger partial charge in [-0.2, -0.15) is 0 Å². The number of amides is 2. The second-order valence-corrected chi connectivity index (χ2v) is 4.28. The molecule has 0 saturated carbocycles. The van der Waals surface area contributed by atoms with E-state index in [9.17, 15) is 9.59 Å². The number of rotatable bonds is 3. The molecule has 1 aromatic carbocycles. The topological polar surface area (TPSA) is 49.4 Å². The zero-order valence-electron chi connectivity index (χ0n) is 9.85. The van der Waals surface area contributed by atoms with Crippen LogP contribution in [0.3, 0.4) is 0 Å². The van der Waals surface area contributed by atoms with E-state index in [4.69, 9.17) is 0 Å². The molecule has 1 saturated heterocycles. The maximum atomic E-state index is 11.8. The molecule has 0 aromatic heterocycles. The van der Waals surface area contributed by atoms with Crippen molar-refractivity contribution in [1.29, 1.82) is 0 Å². The fraction of sp³-hybridized carbons (Fsp3) is 0.385. The van der Waals surface area contributed by atoms with E-state index in [1.54, 1.807) is 11.8 Å². The maximum Gasteiger partial charge on any atom is 0.245 e. The summed E-state index contributed by atoms with van der Waals surface area (Å²) in [6.45, 7) is 2.49. The highest BCUT2D eigenvalue weighted by atomic mass is 16.2. The molecule has 1 fully saturated rings. The Balaban J connectivity index is 1.94. The number of nitrogens with one attached hydrogen (secondary N) is 1. The van der Waals surface area contributed by atoms with Gasteiger partial charge < -0.3 is 10.2 Å². The molecule has 1 atom stereocenters. The van der Waals surface area contributed by atoms with Crippen molar-refractivity contribution in [3.8, 4) is 0 Å². The summed E-state index contributed by atoms with van der Waals surface area (Å²) in [5.41, 5.74) is 1.18. The molecule has 17 heavy (non-hydrogen) atoms. The van der Waals surface area contributed by atoms with Gasteiger partial charge in [-0.05, 0) is 18.9 Å². The van der Waals surface area contributed by atoms with E-state index in [-0.39, 0.29) is 18.4 Å². The van der Waals surface area contributed by atoms with Gasteiger partial charge in [0, 0.05) is 6.54 Å². The standard InChI is InChI=1S/C13H16N2O2/c1-10-13(17)15(9-12(16)14-10)8-7-11-5-3-2-4-6-11/h2-6,10H,7-9H2,1H3,(H,14,16)/t10-/m1/s1. The molecule has 1 N–H and O–H groups in total. The lowest BCUT2D eigenvalue weighted by Gasteiger charge is -2.30. The largest absolute Gasteiger partial charge is 0.343 e. The molecule has 0 radical (unpaired) electrons. The van der Waals surface area contributed by atoms with Gasteiger partial charge in [0.25, 0.3) is 0 Å². The van der Waals surface area contributed by atoms with Crippen molar-refractivity contribution in [2.24, 2.45) is 0 Å². The van der Waals surface area contributed by atoms with Crippen LogP contribution in [0.4, 0.5) is 0 Å². The van der Waals surface area contributed by atoms with E-state index < -0.39 is 6.04 Å². The van der Waals surface area contributed by atoms with Crippen LogP contribution in [0, 0.1) is 0 Å². The van der Waals surface area contributed by atoms with Gasteiger partial charge in [-0.1, -0.05) is 30.3 Å². The monoisotopic (exact) mass is 232 g/mol. The van der Waals surface area contributed by atoms with Gasteiger partial charge in [-0.25, -0.2) is 0 Å². The molecule has 4 heteroatoms. The third kappa shape index (κ3) is 2.84. The molecule has 2 rings (SSSR count). The summed E-state index contributed by atoms with van der Waals surface area (Å²) < 4.78 is 0. The second-order valence-electron chi connectivity index (χ2n) is 4.28. The summed E-state index contributed by atoms with van der Waals surface area (Å²) in [6, 6.07) is 9.57. The Hall–Kier alpha value is -1.84. The molecule has 0 bridgehead atoms. The molecule has 90 valence electrons. The Morgan fingerprint density at radius 3 is 2.71 bits per heavy atom. The van der Waals surface area contributed by atoms with E-state index >= 15 is 0 Å². The fourth-order valence-electron chi connectivity index (χ4n) is 1.97. The number of benzene rings is 1. The molecule has 2 amide bonds. The Bertz CT molecular complexity index is 417. The summed E-state index contributed by atoms with van der Waals surface area (Å²) >= 11 is 0. The quantitative estimate of drug-likeness (QED) is 0.828. The van der Waals surface area contributed by atoms with E-state index in [1.165, 1.54) is 5.56 Å². The molecule has 0 spiro atoms. The van der Waals surface area contributed by atoms with Crippen molar-refractivity contribution in [3.05, 3.63) is 35.9 Å². The van der Waals surface area contributed by atoms with E-state index in [0.717, 1.165) is 6.42 Å². The number of hydrogen-bond acceptors (Lipinski definition) is 2. The summed E-state index contributed by atoms with van der Waals surface area (Å²) in [5.74, 6) is -0.0781. The van der Waals surface area contributed by atoms with Crippen LogP contribution >= 0.6 is 0 Å². The first-order chi connectivity index (χ1) is 8.16. The van der Waals surface area contributed by atoms with Gasteiger partial charge >= 0.3 is 0 Å². The second kappa shape index (κ2) is 4.99. The van der Waals surface area contributed by atoms with Crippen molar-refractivity contribution < 1.29 is 9.59 Å². The highest BCUT2D eigenvalue weighted by Crippen LogP contribution is 2.05. The zero-order chi connectivity index (χ0) is 12.3. The predicted octanol–water partition coefficient (Wildman–Crippen LogP) is 0.576. The third-order valence-corrected chi connectivity index (χ3v) is 2.91. The Morgan fingerprint density at radius 2 is 2.00 bits per heavy atom. The van der Waals surface area contributed by atoms with Crippen LogP contribution in [-0.2, 0) is 16.0 Å². The van der Waals surface area contributed by atoms with E-state index in [2.05, 4.69) is 5.32 Å². The average Bonchev–Trinajstić information content (AvgIpc) is 2.33. The highest BCUT2D eigenvalue weighted by Gasteiger charge is 2.28. The van der Waals surface area contributed by atoms with Crippen LogP contribution < -0.4 is 5.32 Å². The fourth-order valence-corrected chi connectivity index (χ4v) is 1.97. The van der Waals surface area contributed by atoms with Crippen molar-refractivity contribution in [1.82, 2.24) is 10.2 Å². The Kier molecular flexibility index (Phi) is 3.42. The predicted molar refractivity (Wildman–Crippen MR) is 64.3 cm³/mol. The first kappa shape index (κ1) is 11.6. The summed E-state index contributed by atoms with van der Waals surface area (Å²) in [4.78, 5) is 24.8. The molecule has 0 aliphatic carbocycles. The number of nitrogens with zero attached hydrogens (tertiary/aromatic N) is 1. The minimum atomic E-state index is -0.396.